The average Bonchev–Trinajstić information content (AvgIpc) is 2.23. The fourth-order valence-corrected chi connectivity index (χ4v) is 2.51. The van der Waals surface area contributed by atoms with Crippen molar-refractivity contribution >= 4 is 12.1 Å². The van der Waals surface area contributed by atoms with Crippen LogP contribution in [0.4, 0.5) is 4.79 Å². The van der Waals surface area contributed by atoms with Gasteiger partial charge >= 0.3 is 12.1 Å². The first-order valence-corrected chi connectivity index (χ1v) is 6.59. The molecule has 19 heavy (non-hydrogen) atoms. The van der Waals surface area contributed by atoms with Crippen molar-refractivity contribution in [1.82, 2.24) is 4.90 Å². The molecule has 0 aromatic heterocycles. The number of rotatable bonds is 1. The van der Waals surface area contributed by atoms with Crippen LogP contribution in [0.3, 0.4) is 0 Å². The van der Waals surface area contributed by atoms with Gasteiger partial charge in [0.05, 0.1) is 5.60 Å². The molecule has 2 heterocycles. The Morgan fingerprint density at radius 2 is 1.84 bits per heavy atom. The first-order valence-electron chi connectivity index (χ1n) is 6.59. The summed E-state index contributed by atoms with van der Waals surface area (Å²) >= 11 is 0. The number of carboxylic acids is 1. The van der Waals surface area contributed by atoms with Gasteiger partial charge in [0.15, 0.2) is 6.10 Å². The number of likely N-dealkylation sites (tertiary alicyclic amines) is 1. The molecule has 1 atom stereocenters. The quantitative estimate of drug-likeness (QED) is 0.784. The van der Waals surface area contributed by atoms with Crippen LogP contribution < -0.4 is 0 Å². The molecule has 2 rings (SSSR count). The topological polar surface area (TPSA) is 76.1 Å². The van der Waals surface area contributed by atoms with Crippen molar-refractivity contribution in [3.8, 4) is 0 Å². The first kappa shape index (κ1) is 14.1. The molecule has 0 aromatic carbocycles. The minimum atomic E-state index is -0.903. The number of carbonyl (C=O) groups excluding carboxylic acids is 1. The molecular formula is C13H21NO5. The van der Waals surface area contributed by atoms with Gasteiger partial charge in [-0.2, -0.15) is 0 Å². The van der Waals surface area contributed by atoms with Crippen molar-refractivity contribution in [2.75, 3.05) is 13.1 Å². The maximum atomic E-state index is 11.9. The zero-order valence-corrected chi connectivity index (χ0v) is 11.6. The molecule has 6 heteroatoms. The van der Waals surface area contributed by atoms with Gasteiger partial charge < -0.3 is 19.5 Å². The van der Waals surface area contributed by atoms with Crippen molar-refractivity contribution in [3.63, 3.8) is 0 Å². The molecule has 1 N–H and O–H groups in total. The number of nitrogens with zero attached hydrogens (tertiary/aromatic N) is 1. The fraction of sp³-hybridized carbons (Fsp3) is 0.846. The lowest BCUT2D eigenvalue weighted by molar-refractivity contribution is -0.231. The molecule has 0 saturated carbocycles. The summed E-state index contributed by atoms with van der Waals surface area (Å²) in [5, 5.41) is 8.81. The summed E-state index contributed by atoms with van der Waals surface area (Å²) in [5.74, 6) is -0.903. The average molecular weight is 271 g/mol. The predicted octanol–water partition coefficient (Wildman–Crippen LogP) is 1.63. The third-order valence-electron chi connectivity index (χ3n) is 3.55. The van der Waals surface area contributed by atoms with Gasteiger partial charge in [0.2, 0.25) is 0 Å². The lowest BCUT2D eigenvalue weighted by Crippen LogP contribution is -2.59. The van der Waals surface area contributed by atoms with Gasteiger partial charge in [-0.3, -0.25) is 0 Å². The van der Waals surface area contributed by atoms with E-state index in [0.29, 0.717) is 32.4 Å². The van der Waals surface area contributed by atoms with E-state index in [0.717, 1.165) is 0 Å². The van der Waals surface area contributed by atoms with Crippen LogP contribution in [0.15, 0.2) is 0 Å². The van der Waals surface area contributed by atoms with Gasteiger partial charge in [-0.05, 0) is 33.6 Å². The van der Waals surface area contributed by atoms with E-state index in [1.54, 1.807) is 4.90 Å². The van der Waals surface area contributed by atoms with Crippen molar-refractivity contribution < 1.29 is 24.2 Å². The third-order valence-corrected chi connectivity index (χ3v) is 3.55. The van der Waals surface area contributed by atoms with Crippen LogP contribution in [0.25, 0.3) is 0 Å². The summed E-state index contributed by atoms with van der Waals surface area (Å²) in [5.41, 5.74) is -0.824. The highest BCUT2D eigenvalue weighted by molar-refractivity contribution is 5.73. The van der Waals surface area contributed by atoms with E-state index in [-0.39, 0.29) is 11.7 Å². The van der Waals surface area contributed by atoms with E-state index in [1.165, 1.54) is 0 Å². The zero-order valence-electron chi connectivity index (χ0n) is 11.6. The van der Waals surface area contributed by atoms with Crippen LogP contribution in [0.2, 0.25) is 0 Å². The van der Waals surface area contributed by atoms with Gasteiger partial charge in [-0.25, -0.2) is 9.59 Å². The maximum absolute atomic E-state index is 11.9. The number of piperidine rings is 1. The number of hydrogen-bond acceptors (Lipinski definition) is 4. The number of carboxylic acid groups (broad SMARTS) is 1. The van der Waals surface area contributed by atoms with Crippen LogP contribution in [0, 0.1) is 0 Å². The number of carbonyl (C=O) groups is 2. The lowest BCUT2D eigenvalue weighted by Gasteiger charge is -2.50. The Hall–Kier alpha value is -1.30. The Labute approximate surface area is 112 Å². The highest BCUT2D eigenvalue weighted by atomic mass is 16.6. The Balaban J connectivity index is 1.81. The zero-order chi connectivity index (χ0) is 14.3. The number of ether oxygens (including phenoxy) is 2. The van der Waals surface area contributed by atoms with Crippen LogP contribution in [0.5, 0.6) is 0 Å². The molecule has 2 aliphatic heterocycles. The summed E-state index contributed by atoms with van der Waals surface area (Å²) in [7, 11) is 0. The van der Waals surface area contributed by atoms with Crippen LogP contribution in [-0.2, 0) is 14.3 Å². The molecule has 2 saturated heterocycles. The normalized spacial score (nSPS) is 25.8. The lowest BCUT2D eigenvalue weighted by atomic mass is 9.80. The van der Waals surface area contributed by atoms with Gasteiger partial charge in [0, 0.05) is 19.5 Å². The van der Waals surface area contributed by atoms with Crippen molar-refractivity contribution in [1.29, 1.82) is 0 Å². The molecular weight excluding hydrogens is 250 g/mol. The molecule has 2 fully saturated rings. The van der Waals surface area contributed by atoms with E-state index in [9.17, 15) is 9.59 Å². The van der Waals surface area contributed by atoms with E-state index in [2.05, 4.69) is 0 Å². The van der Waals surface area contributed by atoms with Gasteiger partial charge in [-0.1, -0.05) is 0 Å². The summed E-state index contributed by atoms with van der Waals surface area (Å²) < 4.78 is 10.8. The van der Waals surface area contributed by atoms with E-state index < -0.39 is 17.7 Å². The minimum absolute atomic E-state index is 0.309. The highest BCUT2D eigenvalue weighted by Gasteiger charge is 2.50. The second-order valence-corrected chi connectivity index (χ2v) is 6.30. The van der Waals surface area contributed by atoms with E-state index in [4.69, 9.17) is 14.6 Å². The Bertz CT molecular complexity index is 371. The number of aliphatic carboxylic acids is 1. The number of amides is 1. The molecule has 1 spiro atoms. The molecule has 1 amide bonds. The Kier molecular flexibility index (Phi) is 3.47. The van der Waals surface area contributed by atoms with Gasteiger partial charge in [0.25, 0.3) is 0 Å². The molecule has 108 valence electrons. The molecule has 0 aromatic rings. The minimum Gasteiger partial charge on any atom is -0.479 e. The monoisotopic (exact) mass is 271 g/mol. The smallest absolute Gasteiger partial charge is 0.410 e. The molecule has 0 radical (unpaired) electrons. The second-order valence-electron chi connectivity index (χ2n) is 6.30. The maximum Gasteiger partial charge on any atom is 0.410 e. The van der Waals surface area contributed by atoms with Crippen LogP contribution >= 0.6 is 0 Å². The standard InChI is InChI=1S/C13H21NO5/c1-12(2,3)19-11(17)14-6-4-13(5-7-14)8-9(18-13)10(15)16/h9H,4-8H2,1-3H3,(H,15,16). The second kappa shape index (κ2) is 4.67. The number of hydrogen-bond donors (Lipinski definition) is 1. The predicted molar refractivity (Wildman–Crippen MR) is 66.9 cm³/mol. The fourth-order valence-electron chi connectivity index (χ4n) is 2.51. The van der Waals surface area contributed by atoms with Crippen molar-refractivity contribution in [2.24, 2.45) is 0 Å². The SMILES string of the molecule is CC(C)(C)OC(=O)N1CCC2(CC1)CC(C(=O)O)O2. The van der Waals surface area contributed by atoms with Crippen molar-refractivity contribution in [3.05, 3.63) is 0 Å². The molecule has 2 aliphatic rings. The van der Waals surface area contributed by atoms with E-state index >= 15 is 0 Å². The third kappa shape index (κ3) is 3.18. The molecule has 6 nitrogen and oxygen atoms in total. The van der Waals surface area contributed by atoms with E-state index in [1.807, 2.05) is 20.8 Å². The summed E-state index contributed by atoms with van der Waals surface area (Å²) in [4.78, 5) is 24.3. The summed E-state index contributed by atoms with van der Waals surface area (Å²) in [6, 6.07) is 0. The largest absolute Gasteiger partial charge is 0.479 e. The molecule has 0 bridgehead atoms. The van der Waals surface area contributed by atoms with Gasteiger partial charge in [0.1, 0.15) is 5.60 Å². The van der Waals surface area contributed by atoms with Crippen LogP contribution in [-0.4, -0.2) is 52.5 Å². The van der Waals surface area contributed by atoms with Crippen LogP contribution in [0.1, 0.15) is 40.0 Å². The van der Waals surface area contributed by atoms with Crippen molar-refractivity contribution in [2.45, 2.75) is 57.3 Å². The first-order chi connectivity index (χ1) is 8.71. The summed E-state index contributed by atoms with van der Waals surface area (Å²) in [6.45, 7) is 6.62. The van der Waals surface area contributed by atoms with Gasteiger partial charge in [-0.15, -0.1) is 0 Å². The highest BCUT2D eigenvalue weighted by Crippen LogP contribution is 2.41. The Morgan fingerprint density at radius 1 is 1.32 bits per heavy atom. The summed E-state index contributed by atoms with van der Waals surface area (Å²) in [6.07, 6.45) is 0.917. The molecule has 0 aliphatic carbocycles. The Morgan fingerprint density at radius 3 is 2.26 bits per heavy atom. The molecule has 1 unspecified atom stereocenters.